The van der Waals surface area contributed by atoms with E-state index in [9.17, 15) is 13.2 Å². The molecule has 0 aliphatic rings. The maximum Gasteiger partial charge on any atom is 0.451 e. The molecule has 0 aliphatic heterocycles. The minimum atomic E-state index is -4.50. The summed E-state index contributed by atoms with van der Waals surface area (Å²) in [6.45, 7) is 0. The van der Waals surface area contributed by atoms with E-state index in [2.05, 4.69) is 15.0 Å². The van der Waals surface area contributed by atoms with Gasteiger partial charge in [0, 0.05) is 0 Å². The van der Waals surface area contributed by atoms with Gasteiger partial charge in [-0.1, -0.05) is 0 Å². The molecule has 0 amide bonds. The molecule has 7 heteroatoms. The molecule has 0 aliphatic carbocycles. The van der Waals surface area contributed by atoms with Crippen molar-refractivity contribution in [3.63, 3.8) is 0 Å². The third-order valence-corrected chi connectivity index (χ3v) is 2.10. The second kappa shape index (κ2) is 2.63. The van der Waals surface area contributed by atoms with Gasteiger partial charge in [0.05, 0.1) is 16.4 Å². The van der Waals surface area contributed by atoms with Crippen LogP contribution in [-0.2, 0) is 6.18 Å². The van der Waals surface area contributed by atoms with Crippen molar-refractivity contribution in [2.45, 2.75) is 6.18 Å². The lowest BCUT2D eigenvalue weighted by atomic mass is 10.5. The van der Waals surface area contributed by atoms with Gasteiger partial charge in [-0.05, 0) is 0 Å². The fourth-order valence-corrected chi connectivity index (χ4v) is 1.39. The fraction of sp³-hybridized carbons (Fsp3) is 0.167. The molecule has 2 heterocycles. The normalized spacial score (nSPS) is 12.2. The van der Waals surface area contributed by atoms with Crippen LogP contribution < -0.4 is 0 Å². The lowest BCUT2D eigenvalue weighted by Gasteiger charge is -2.02. The van der Waals surface area contributed by atoms with Gasteiger partial charge in [-0.2, -0.15) is 13.2 Å². The fourth-order valence-electron chi connectivity index (χ4n) is 0.807. The molecule has 0 radical (unpaired) electrons. The molecule has 0 saturated carbocycles. The second-order valence-electron chi connectivity index (χ2n) is 2.23. The molecule has 3 nitrogen and oxygen atoms in total. The summed E-state index contributed by atoms with van der Waals surface area (Å²) in [5.74, 6) is -1.15. The van der Waals surface area contributed by atoms with Crippen molar-refractivity contribution in [2.75, 3.05) is 0 Å². The molecular formula is C6H2F3N3S. The van der Waals surface area contributed by atoms with E-state index in [1.54, 1.807) is 0 Å². The van der Waals surface area contributed by atoms with Gasteiger partial charge in [-0.25, -0.2) is 15.0 Å². The van der Waals surface area contributed by atoms with Gasteiger partial charge in [0.15, 0.2) is 5.65 Å². The third kappa shape index (κ3) is 1.46. The average molecular weight is 205 g/mol. The molecule has 68 valence electrons. The van der Waals surface area contributed by atoms with Crippen LogP contribution in [0.25, 0.3) is 10.3 Å². The summed E-state index contributed by atoms with van der Waals surface area (Å²) in [6, 6.07) is 0. The highest BCUT2D eigenvalue weighted by Gasteiger charge is 2.34. The molecule has 0 unspecified atom stereocenters. The Kier molecular flexibility index (Phi) is 1.69. The number of nitrogens with zero attached hydrogens (tertiary/aromatic N) is 3. The smallest absolute Gasteiger partial charge is 0.231 e. The van der Waals surface area contributed by atoms with Crippen molar-refractivity contribution in [2.24, 2.45) is 0 Å². The van der Waals surface area contributed by atoms with Crippen molar-refractivity contribution in [1.82, 2.24) is 15.0 Å². The highest BCUT2D eigenvalue weighted by atomic mass is 32.1. The zero-order valence-electron chi connectivity index (χ0n) is 6.04. The Balaban J connectivity index is 2.61. The van der Waals surface area contributed by atoms with E-state index in [0.717, 1.165) is 6.20 Å². The standard InChI is InChI=1S/C6H2F3N3S/c7-6(8,9)5-10-1-3-4(12-5)11-2-13-3/h1-2H. The molecule has 0 saturated heterocycles. The quantitative estimate of drug-likeness (QED) is 0.661. The van der Waals surface area contributed by atoms with Crippen LogP contribution >= 0.6 is 11.3 Å². The highest BCUT2D eigenvalue weighted by molar-refractivity contribution is 7.16. The lowest BCUT2D eigenvalue weighted by molar-refractivity contribution is -0.144. The van der Waals surface area contributed by atoms with E-state index in [0.29, 0.717) is 4.70 Å². The Bertz CT molecular complexity index is 436. The van der Waals surface area contributed by atoms with Crippen LogP contribution in [0.5, 0.6) is 0 Å². The zero-order chi connectivity index (χ0) is 9.47. The van der Waals surface area contributed by atoms with Crippen LogP contribution in [0, 0.1) is 0 Å². The number of aromatic nitrogens is 3. The van der Waals surface area contributed by atoms with Crippen molar-refractivity contribution in [3.05, 3.63) is 17.5 Å². The third-order valence-electron chi connectivity index (χ3n) is 1.34. The SMILES string of the molecule is FC(F)(F)c1ncc2scnc2n1. The molecule has 2 aromatic rings. The van der Waals surface area contributed by atoms with E-state index in [1.165, 1.54) is 16.8 Å². The molecule has 0 fully saturated rings. The van der Waals surface area contributed by atoms with Gasteiger partial charge in [0.1, 0.15) is 0 Å². The summed E-state index contributed by atoms with van der Waals surface area (Å²) in [5.41, 5.74) is 1.52. The molecule has 0 spiro atoms. The summed E-state index contributed by atoms with van der Waals surface area (Å²) in [6.07, 6.45) is -3.37. The van der Waals surface area contributed by atoms with Crippen molar-refractivity contribution < 1.29 is 13.2 Å². The Labute approximate surface area is 74.3 Å². The van der Waals surface area contributed by atoms with Crippen LogP contribution in [0.1, 0.15) is 5.82 Å². The van der Waals surface area contributed by atoms with Gasteiger partial charge in [0.25, 0.3) is 0 Å². The Morgan fingerprint density at radius 1 is 1.23 bits per heavy atom. The van der Waals surface area contributed by atoms with E-state index in [1.807, 2.05) is 0 Å². The van der Waals surface area contributed by atoms with E-state index < -0.39 is 12.0 Å². The molecule has 13 heavy (non-hydrogen) atoms. The first-order chi connectivity index (χ1) is 6.07. The molecule has 2 aromatic heterocycles. The van der Waals surface area contributed by atoms with Crippen LogP contribution in [0.4, 0.5) is 13.2 Å². The summed E-state index contributed by atoms with van der Waals surface area (Å²) in [7, 11) is 0. The average Bonchev–Trinajstić information content (AvgIpc) is 2.47. The summed E-state index contributed by atoms with van der Waals surface area (Å²) < 4.78 is 36.8. The Hall–Kier alpha value is -1.24. The monoisotopic (exact) mass is 205 g/mol. The highest BCUT2D eigenvalue weighted by Crippen LogP contribution is 2.27. The Morgan fingerprint density at radius 3 is 2.69 bits per heavy atom. The van der Waals surface area contributed by atoms with E-state index >= 15 is 0 Å². The predicted octanol–water partition coefficient (Wildman–Crippen LogP) is 2.11. The zero-order valence-corrected chi connectivity index (χ0v) is 6.85. The summed E-state index contributed by atoms with van der Waals surface area (Å²) in [4.78, 5) is 10.1. The van der Waals surface area contributed by atoms with Crippen LogP contribution in [0.15, 0.2) is 11.7 Å². The minimum Gasteiger partial charge on any atom is -0.231 e. The number of alkyl halides is 3. The first-order valence-electron chi connectivity index (χ1n) is 3.21. The van der Waals surface area contributed by atoms with Crippen molar-refractivity contribution in [1.29, 1.82) is 0 Å². The van der Waals surface area contributed by atoms with Gasteiger partial charge < -0.3 is 0 Å². The van der Waals surface area contributed by atoms with E-state index in [-0.39, 0.29) is 5.65 Å². The van der Waals surface area contributed by atoms with Gasteiger partial charge in [-0.3, -0.25) is 0 Å². The van der Waals surface area contributed by atoms with Crippen LogP contribution in [-0.4, -0.2) is 15.0 Å². The number of fused-ring (bicyclic) bond motifs is 1. The number of thiazole rings is 1. The van der Waals surface area contributed by atoms with Crippen LogP contribution in [0.2, 0.25) is 0 Å². The first-order valence-corrected chi connectivity index (χ1v) is 4.09. The molecular weight excluding hydrogens is 203 g/mol. The predicted molar refractivity (Wildman–Crippen MR) is 40.2 cm³/mol. The molecule has 0 aromatic carbocycles. The van der Waals surface area contributed by atoms with Crippen molar-refractivity contribution >= 4 is 21.7 Å². The molecule has 0 N–H and O–H groups in total. The summed E-state index contributed by atoms with van der Waals surface area (Å²) >= 11 is 1.20. The molecule has 0 atom stereocenters. The number of rotatable bonds is 0. The summed E-state index contributed by atoms with van der Waals surface area (Å²) in [5, 5.41) is 0. The van der Waals surface area contributed by atoms with Gasteiger partial charge in [-0.15, -0.1) is 11.3 Å². The Morgan fingerprint density at radius 2 is 2.00 bits per heavy atom. The first kappa shape index (κ1) is 8.36. The van der Waals surface area contributed by atoms with E-state index in [4.69, 9.17) is 0 Å². The van der Waals surface area contributed by atoms with Crippen LogP contribution in [0.3, 0.4) is 0 Å². The van der Waals surface area contributed by atoms with Gasteiger partial charge in [0.2, 0.25) is 5.82 Å². The van der Waals surface area contributed by atoms with Gasteiger partial charge >= 0.3 is 6.18 Å². The lowest BCUT2D eigenvalue weighted by Crippen LogP contribution is -2.10. The second-order valence-corrected chi connectivity index (χ2v) is 3.12. The molecule has 0 bridgehead atoms. The maximum atomic E-state index is 12.1. The topological polar surface area (TPSA) is 38.7 Å². The largest absolute Gasteiger partial charge is 0.451 e. The minimum absolute atomic E-state index is 0.0901. The number of hydrogen-bond donors (Lipinski definition) is 0. The number of halogens is 3. The number of hydrogen-bond acceptors (Lipinski definition) is 4. The molecule has 2 rings (SSSR count). The van der Waals surface area contributed by atoms with Crippen molar-refractivity contribution in [3.8, 4) is 0 Å². The maximum absolute atomic E-state index is 12.1.